The van der Waals surface area contributed by atoms with E-state index in [9.17, 15) is 0 Å². The van der Waals surface area contributed by atoms with Crippen molar-refractivity contribution in [3.8, 4) is 0 Å². The molecule has 3 heteroatoms. The molecule has 1 saturated carbocycles. The topological polar surface area (TPSA) is 15.3 Å². The Bertz CT molecular complexity index is 496. The van der Waals surface area contributed by atoms with Crippen molar-refractivity contribution in [2.45, 2.75) is 63.6 Å². The van der Waals surface area contributed by atoms with Gasteiger partial charge < -0.3 is 5.32 Å². The molecule has 0 aromatic heterocycles. The SMILES string of the molecule is CCC1(C)CNC2(CCCC2)CN1Cc1ccccc1Br. The first kappa shape index (κ1) is 15.5. The molecule has 1 N–H and O–H groups in total. The Kier molecular flexibility index (Phi) is 4.45. The summed E-state index contributed by atoms with van der Waals surface area (Å²) in [6.07, 6.45) is 6.66. The van der Waals surface area contributed by atoms with Crippen molar-refractivity contribution in [2.75, 3.05) is 13.1 Å². The van der Waals surface area contributed by atoms with Gasteiger partial charge in [-0.25, -0.2) is 0 Å². The summed E-state index contributed by atoms with van der Waals surface area (Å²) in [5.41, 5.74) is 2.06. The second kappa shape index (κ2) is 6.02. The number of hydrogen-bond donors (Lipinski definition) is 1. The summed E-state index contributed by atoms with van der Waals surface area (Å²) in [4.78, 5) is 2.73. The molecule has 1 spiro atoms. The van der Waals surface area contributed by atoms with Crippen molar-refractivity contribution in [1.29, 1.82) is 0 Å². The van der Waals surface area contributed by atoms with Gasteiger partial charge in [0.05, 0.1) is 0 Å². The van der Waals surface area contributed by atoms with Crippen LogP contribution in [0.2, 0.25) is 0 Å². The standard InChI is InChI=1S/C18H27BrN2/c1-3-17(2)13-20-18(10-6-7-11-18)14-21(17)12-15-8-4-5-9-16(15)19/h4-5,8-9,20H,3,6-7,10-14H2,1-2H3. The van der Waals surface area contributed by atoms with Crippen molar-refractivity contribution in [3.05, 3.63) is 34.3 Å². The van der Waals surface area contributed by atoms with E-state index in [4.69, 9.17) is 0 Å². The lowest BCUT2D eigenvalue weighted by Gasteiger charge is -2.52. The van der Waals surface area contributed by atoms with Crippen LogP contribution in [0.15, 0.2) is 28.7 Å². The highest BCUT2D eigenvalue weighted by atomic mass is 79.9. The smallest absolute Gasteiger partial charge is 0.0309 e. The molecule has 2 nitrogen and oxygen atoms in total. The van der Waals surface area contributed by atoms with Crippen molar-refractivity contribution < 1.29 is 0 Å². The molecule has 1 aromatic carbocycles. The highest BCUT2D eigenvalue weighted by Crippen LogP contribution is 2.38. The first-order chi connectivity index (χ1) is 10.1. The number of benzene rings is 1. The summed E-state index contributed by atoms with van der Waals surface area (Å²) in [7, 11) is 0. The lowest BCUT2D eigenvalue weighted by atomic mass is 9.84. The van der Waals surface area contributed by atoms with E-state index in [-0.39, 0.29) is 5.54 Å². The monoisotopic (exact) mass is 350 g/mol. The maximum absolute atomic E-state index is 3.91. The van der Waals surface area contributed by atoms with Crippen LogP contribution in [0.4, 0.5) is 0 Å². The second-order valence-corrected chi connectivity index (χ2v) is 7.99. The van der Waals surface area contributed by atoms with Crippen LogP contribution in [-0.4, -0.2) is 29.1 Å². The maximum atomic E-state index is 3.91. The van der Waals surface area contributed by atoms with E-state index in [0.717, 1.165) is 13.1 Å². The van der Waals surface area contributed by atoms with E-state index in [0.29, 0.717) is 5.54 Å². The lowest BCUT2D eigenvalue weighted by molar-refractivity contribution is 0.00764. The number of hydrogen-bond acceptors (Lipinski definition) is 2. The van der Waals surface area contributed by atoms with Crippen LogP contribution in [0.1, 0.15) is 51.5 Å². The predicted octanol–water partition coefficient (Wildman–Crippen LogP) is 4.34. The largest absolute Gasteiger partial charge is 0.308 e. The van der Waals surface area contributed by atoms with Gasteiger partial charge in [0.15, 0.2) is 0 Å². The molecule has 1 unspecified atom stereocenters. The number of rotatable bonds is 3. The van der Waals surface area contributed by atoms with Gasteiger partial charge in [0.25, 0.3) is 0 Å². The Morgan fingerprint density at radius 1 is 1.24 bits per heavy atom. The third-order valence-electron chi connectivity index (χ3n) is 5.74. The number of piperazine rings is 1. The van der Waals surface area contributed by atoms with Gasteiger partial charge in [0, 0.05) is 35.2 Å². The molecule has 1 atom stereocenters. The van der Waals surface area contributed by atoms with E-state index >= 15 is 0 Å². The van der Waals surface area contributed by atoms with Crippen molar-refractivity contribution in [2.24, 2.45) is 0 Å². The van der Waals surface area contributed by atoms with Gasteiger partial charge in [0.1, 0.15) is 0 Å². The molecule has 2 fully saturated rings. The molecule has 1 saturated heterocycles. The van der Waals surface area contributed by atoms with Crippen LogP contribution in [0, 0.1) is 0 Å². The average Bonchev–Trinajstić information content (AvgIpc) is 2.94. The van der Waals surface area contributed by atoms with Crippen LogP contribution in [0.3, 0.4) is 0 Å². The molecule has 1 heterocycles. The van der Waals surface area contributed by atoms with Gasteiger partial charge >= 0.3 is 0 Å². The number of halogens is 1. The normalized spacial score (nSPS) is 29.1. The van der Waals surface area contributed by atoms with Crippen LogP contribution in [-0.2, 0) is 6.54 Å². The molecule has 0 bridgehead atoms. The van der Waals surface area contributed by atoms with E-state index in [2.05, 4.69) is 64.3 Å². The minimum Gasteiger partial charge on any atom is -0.308 e. The molecule has 0 radical (unpaired) electrons. The molecule has 1 aliphatic heterocycles. The third-order valence-corrected chi connectivity index (χ3v) is 6.52. The molecule has 116 valence electrons. The first-order valence-electron chi connectivity index (χ1n) is 8.30. The van der Waals surface area contributed by atoms with Crippen LogP contribution < -0.4 is 5.32 Å². The zero-order valence-corrected chi connectivity index (χ0v) is 14.9. The number of nitrogens with one attached hydrogen (secondary N) is 1. The molecule has 0 amide bonds. The van der Waals surface area contributed by atoms with Gasteiger partial charge in [-0.1, -0.05) is 53.9 Å². The molecule has 3 rings (SSSR count). The molecule has 1 aromatic rings. The van der Waals surface area contributed by atoms with E-state index in [1.165, 1.54) is 48.7 Å². The summed E-state index contributed by atoms with van der Waals surface area (Å²) in [5.74, 6) is 0. The average molecular weight is 351 g/mol. The molecule has 1 aliphatic carbocycles. The molecular weight excluding hydrogens is 324 g/mol. The summed E-state index contributed by atoms with van der Waals surface area (Å²) >= 11 is 3.72. The van der Waals surface area contributed by atoms with Gasteiger partial charge in [-0.05, 0) is 37.8 Å². The quantitative estimate of drug-likeness (QED) is 0.872. The van der Waals surface area contributed by atoms with Crippen LogP contribution >= 0.6 is 15.9 Å². The van der Waals surface area contributed by atoms with Gasteiger partial charge in [-0.15, -0.1) is 0 Å². The van der Waals surface area contributed by atoms with Crippen LogP contribution in [0.25, 0.3) is 0 Å². The van der Waals surface area contributed by atoms with E-state index in [1.54, 1.807) is 0 Å². The maximum Gasteiger partial charge on any atom is 0.0309 e. The summed E-state index contributed by atoms with van der Waals surface area (Å²) < 4.78 is 1.24. The Morgan fingerprint density at radius 3 is 2.62 bits per heavy atom. The first-order valence-corrected chi connectivity index (χ1v) is 9.10. The third kappa shape index (κ3) is 3.06. The molecular formula is C18H27BrN2. The van der Waals surface area contributed by atoms with Crippen LogP contribution in [0.5, 0.6) is 0 Å². The minimum atomic E-state index is 0.267. The van der Waals surface area contributed by atoms with Gasteiger partial charge in [-0.3, -0.25) is 4.90 Å². The fraction of sp³-hybridized carbons (Fsp3) is 0.667. The Labute approximate surface area is 137 Å². The van der Waals surface area contributed by atoms with Gasteiger partial charge in [-0.2, -0.15) is 0 Å². The van der Waals surface area contributed by atoms with Gasteiger partial charge in [0.2, 0.25) is 0 Å². The summed E-state index contributed by atoms with van der Waals surface area (Å²) in [6, 6.07) is 8.66. The summed E-state index contributed by atoms with van der Waals surface area (Å²) in [5, 5.41) is 3.91. The lowest BCUT2D eigenvalue weighted by Crippen LogP contribution is -2.67. The zero-order valence-electron chi connectivity index (χ0n) is 13.3. The predicted molar refractivity (Wildman–Crippen MR) is 92.4 cm³/mol. The molecule has 2 aliphatic rings. The highest BCUT2D eigenvalue weighted by molar-refractivity contribution is 9.10. The Balaban J connectivity index is 1.82. The van der Waals surface area contributed by atoms with Crippen molar-refractivity contribution >= 4 is 15.9 Å². The fourth-order valence-electron chi connectivity index (χ4n) is 3.92. The fourth-order valence-corrected chi connectivity index (χ4v) is 4.33. The summed E-state index contributed by atoms with van der Waals surface area (Å²) in [6.45, 7) is 8.10. The second-order valence-electron chi connectivity index (χ2n) is 7.14. The van der Waals surface area contributed by atoms with E-state index in [1.807, 2.05) is 0 Å². The minimum absolute atomic E-state index is 0.267. The Morgan fingerprint density at radius 2 is 1.95 bits per heavy atom. The van der Waals surface area contributed by atoms with E-state index < -0.39 is 0 Å². The zero-order chi connectivity index (χ0) is 14.9. The molecule has 21 heavy (non-hydrogen) atoms. The van der Waals surface area contributed by atoms with Crippen molar-refractivity contribution in [3.63, 3.8) is 0 Å². The highest BCUT2D eigenvalue weighted by Gasteiger charge is 2.45. The Hall–Kier alpha value is -0.380. The van der Waals surface area contributed by atoms with Crippen molar-refractivity contribution in [1.82, 2.24) is 10.2 Å². The number of nitrogens with zero attached hydrogens (tertiary/aromatic N) is 1.